The molecule has 19 heavy (non-hydrogen) atoms. The predicted molar refractivity (Wildman–Crippen MR) is 76.6 cm³/mol. The van der Waals surface area contributed by atoms with E-state index in [2.05, 4.69) is 31.4 Å². The number of nitrogens with zero attached hydrogens (tertiary/aromatic N) is 2. The van der Waals surface area contributed by atoms with Crippen LogP contribution in [-0.4, -0.2) is 30.5 Å². The van der Waals surface area contributed by atoms with Gasteiger partial charge in [-0.05, 0) is 34.1 Å². The fraction of sp³-hybridized carbons (Fsp3) is 0.333. The van der Waals surface area contributed by atoms with Crippen molar-refractivity contribution in [2.75, 3.05) is 20.3 Å². The van der Waals surface area contributed by atoms with Gasteiger partial charge in [-0.3, -0.25) is 0 Å². The Hall–Kier alpha value is -0.890. The first-order valence-electron chi connectivity index (χ1n) is 5.68. The first kappa shape index (κ1) is 14.5. The molecule has 0 bridgehead atoms. The van der Waals surface area contributed by atoms with Gasteiger partial charge in [0.15, 0.2) is 0 Å². The SMILES string of the molecule is COCCNCc1nnc(-c2ccc(F)c(Br)c2)s1. The molecule has 0 atom stereocenters. The topological polar surface area (TPSA) is 47.0 Å². The molecule has 1 heterocycles. The largest absolute Gasteiger partial charge is 0.383 e. The summed E-state index contributed by atoms with van der Waals surface area (Å²) in [4.78, 5) is 0. The Morgan fingerprint density at radius 1 is 1.42 bits per heavy atom. The second-order valence-electron chi connectivity index (χ2n) is 3.80. The molecule has 0 amide bonds. The zero-order valence-electron chi connectivity index (χ0n) is 10.3. The molecule has 0 saturated heterocycles. The molecule has 0 radical (unpaired) electrons. The molecule has 0 aliphatic rings. The number of aromatic nitrogens is 2. The molecule has 0 aliphatic carbocycles. The van der Waals surface area contributed by atoms with Gasteiger partial charge in [-0.2, -0.15) is 0 Å². The average Bonchev–Trinajstić information content (AvgIpc) is 2.87. The zero-order valence-corrected chi connectivity index (χ0v) is 12.7. The maximum Gasteiger partial charge on any atom is 0.147 e. The van der Waals surface area contributed by atoms with Gasteiger partial charge in [0.05, 0.1) is 11.1 Å². The number of nitrogens with one attached hydrogen (secondary N) is 1. The molecule has 7 heteroatoms. The van der Waals surface area contributed by atoms with Gasteiger partial charge in [-0.15, -0.1) is 10.2 Å². The Morgan fingerprint density at radius 3 is 3.00 bits per heavy atom. The van der Waals surface area contributed by atoms with Gasteiger partial charge in [0.25, 0.3) is 0 Å². The minimum absolute atomic E-state index is 0.283. The summed E-state index contributed by atoms with van der Waals surface area (Å²) in [6.45, 7) is 2.09. The number of hydrogen-bond acceptors (Lipinski definition) is 5. The van der Waals surface area contributed by atoms with Crippen molar-refractivity contribution in [1.29, 1.82) is 0 Å². The summed E-state index contributed by atoms with van der Waals surface area (Å²) in [6.07, 6.45) is 0. The molecule has 0 spiro atoms. The van der Waals surface area contributed by atoms with Gasteiger partial charge in [-0.1, -0.05) is 11.3 Å². The number of ether oxygens (including phenoxy) is 1. The first-order valence-corrected chi connectivity index (χ1v) is 7.29. The van der Waals surface area contributed by atoms with E-state index >= 15 is 0 Å². The van der Waals surface area contributed by atoms with Crippen LogP contribution >= 0.6 is 27.3 Å². The van der Waals surface area contributed by atoms with Gasteiger partial charge in [0, 0.05) is 25.8 Å². The standard InChI is InChI=1S/C12H13BrFN3OS/c1-18-5-4-15-7-11-16-17-12(19-11)8-2-3-10(14)9(13)6-8/h2-3,6,15H,4-5,7H2,1H3. The van der Waals surface area contributed by atoms with Gasteiger partial charge >= 0.3 is 0 Å². The van der Waals surface area contributed by atoms with E-state index < -0.39 is 0 Å². The maximum atomic E-state index is 13.2. The quantitative estimate of drug-likeness (QED) is 0.817. The van der Waals surface area contributed by atoms with Crippen LogP contribution in [0.5, 0.6) is 0 Å². The third-order valence-corrected chi connectivity index (χ3v) is 3.97. The zero-order chi connectivity index (χ0) is 13.7. The lowest BCUT2D eigenvalue weighted by molar-refractivity contribution is 0.199. The van der Waals surface area contributed by atoms with Crippen molar-refractivity contribution < 1.29 is 9.13 Å². The Labute approximate surface area is 123 Å². The van der Waals surface area contributed by atoms with Crippen LogP contribution in [0.3, 0.4) is 0 Å². The van der Waals surface area contributed by atoms with Crippen LogP contribution in [0.25, 0.3) is 10.6 Å². The summed E-state index contributed by atoms with van der Waals surface area (Å²) in [6, 6.07) is 4.82. The van der Waals surface area contributed by atoms with Crippen molar-refractivity contribution in [2.24, 2.45) is 0 Å². The number of halogens is 2. The number of methoxy groups -OCH3 is 1. The molecule has 0 unspecified atom stereocenters. The highest BCUT2D eigenvalue weighted by molar-refractivity contribution is 9.10. The van der Waals surface area contributed by atoms with Crippen molar-refractivity contribution in [1.82, 2.24) is 15.5 Å². The molecule has 2 rings (SSSR count). The highest BCUT2D eigenvalue weighted by atomic mass is 79.9. The number of benzene rings is 1. The predicted octanol–water partition coefficient (Wildman–Crippen LogP) is 2.84. The van der Waals surface area contributed by atoms with E-state index in [1.54, 1.807) is 19.2 Å². The number of rotatable bonds is 6. The third kappa shape index (κ3) is 4.04. The normalized spacial score (nSPS) is 10.9. The van der Waals surface area contributed by atoms with Gasteiger partial charge in [0.1, 0.15) is 15.8 Å². The Bertz CT molecular complexity index is 550. The summed E-state index contributed by atoms with van der Waals surface area (Å²) in [5.41, 5.74) is 0.855. The molecule has 4 nitrogen and oxygen atoms in total. The second-order valence-corrected chi connectivity index (χ2v) is 5.72. The van der Waals surface area contributed by atoms with Crippen molar-refractivity contribution in [2.45, 2.75) is 6.54 Å². The van der Waals surface area contributed by atoms with Crippen LogP contribution in [0.15, 0.2) is 22.7 Å². The summed E-state index contributed by atoms with van der Waals surface area (Å²) in [7, 11) is 1.66. The van der Waals surface area contributed by atoms with Crippen LogP contribution in [0.4, 0.5) is 4.39 Å². The summed E-state index contributed by atoms with van der Waals surface area (Å²) >= 11 is 4.65. The molecule has 1 N–H and O–H groups in total. The summed E-state index contributed by atoms with van der Waals surface area (Å²) in [5, 5.41) is 13.1. The molecular formula is C12H13BrFN3OS. The lowest BCUT2D eigenvalue weighted by atomic mass is 10.2. The molecule has 1 aromatic heterocycles. The molecular weight excluding hydrogens is 333 g/mol. The van der Waals surface area contributed by atoms with E-state index in [0.29, 0.717) is 17.6 Å². The number of hydrogen-bond donors (Lipinski definition) is 1. The lowest BCUT2D eigenvalue weighted by Crippen LogP contribution is -2.18. The smallest absolute Gasteiger partial charge is 0.147 e. The van der Waals surface area contributed by atoms with Crippen molar-refractivity contribution >= 4 is 27.3 Å². The Balaban J connectivity index is 2.01. The third-order valence-electron chi connectivity index (χ3n) is 2.39. The summed E-state index contributed by atoms with van der Waals surface area (Å²) in [5.74, 6) is -0.283. The van der Waals surface area contributed by atoms with Crippen LogP contribution < -0.4 is 5.32 Å². The first-order chi connectivity index (χ1) is 9.20. The van der Waals surface area contributed by atoms with E-state index in [-0.39, 0.29) is 5.82 Å². The lowest BCUT2D eigenvalue weighted by Gasteiger charge is -1.99. The average molecular weight is 346 g/mol. The van der Waals surface area contributed by atoms with Crippen molar-refractivity contribution in [3.05, 3.63) is 33.5 Å². The molecule has 102 valence electrons. The van der Waals surface area contributed by atoms with Crippen LogP contribution in [-0.2, 0) is 11.3 Å². The van der Waals surface area contributed by atoms with E-state index in [0.717, 1.165) is 22.1 Å². The highest BCUT2D eigenvalue weighted by Gasteiger charge is 2.08. The molecule has 1 aromatic carbocycles. The van der Waals surface area contributed by atoms with Crippen molar-refractivity contribution in [3.63, 3.8) is 0 Å². The van der Waals surface area contributed by atoms with Crippen LogP contribution in [0.1, 0.15) is 5.01 Å². The molecule has 0 saturated carbocycles. The Morgan fingerprint density at radius 2 is 2.26 bits per heavy atom. The molecule has 0 aliphatic heterocycles. The van der Waals surface area contributed by atoms with Gasteiger partial charge in [0.2, 0.25) is 0 Å². The van der Waals surface area contributed by atoms with E-state index in [1.165, 1.54) is 17.4 Å². The minimum atomic E-state index is -0.283. The minimum Gasteiger partial charge on any atom is -0.383 e. The second kappa shape index (κ2) is 7.04. The van der Waals surface area contributed by atoms with Crippen LogP contribution in [0.2, 0.25) is 0 Å². The maximum absolute atomic E-state index is 13.2. The van der Waals surface area contributed by atoms with E-state index in [1.807, 2.05) is 0 Å². The Kier molecular flexibility index (Phi) is 5.38. The van der Waals surface area contributed by atoms with Gasteiger partial charge < -0.3 is 10.1 Å². The van der Waals surface area contributed by atoms with Crippen LogP contribution in [0, 0.1) is 5.82 Å². The fourth-order valence-corrected chi connectivity index (χ4v) is 2.62. The van der Waals surface area contributed by atoms with E-state index in [4.69, 9.17) is 4.74 Å². The fourth-order valence-electron chi connectivity index (χ4n) is 1.44. The van der Waals surface area contributed by atoms with Crippen molar-refractivity contribution in [3.8, 4) is 10.6 Å². The molecule has 2 aromatic rings. The van der Waals surface area contributed by atoms with E-state index in [9.17, 15) is 4.39 Å². The molecule has 0 fully saturated rings. The summed E-state index contributed by atoms with van der Waals surface area (Å²) < 4.78 is 18.5. The monoisotopic (exact) mass is 345 g/mol. The van der Waals surface area contributed by atoms with Gasteiger partial charge in [-0.25, -0.2) is 4.39 Å². The highest BCUT2D eigenvalue weighted by Crippen LogP contribution is 2.27.